The van der Waals surface area contributed by atoms with Crippen molar-refractivity contribution in [3.63, 3.8) is 0 Å². The molecule has 0 unspecified atom stereocenters. The summed E-state index contributed by atoms with van der Waals surface area (Å²) in [4.78, 5) is 18.6. The van der Waals surface area contributed by atoms with Crippen molar-refractivity contribution < 1.29 is 9.52 Å². The van der Waals surface area contributed by atoms with E-state index >= 15 is 0 Å². The van der Waals surface area contributed by atoms with Gasteiger partial charge in [-0.05, 0) is 18.6 Å². The topological polar surface area (TPSA) is 79.1 Å². The van der Waals surface area contributed by atoms with Gasteiger partial charge >= 0.3 is 0 Å². The Morgan fingerprint density at radius 2 is 2.15 bits per heavy atom. The van der Waals surface area contributed by atoms with E-state index < -0.39 is 0 Å². The third kappa shape index (κ3) is 1.97. The minimum Gasteiger partial charge on any atom is -0.507 e. The first-order valence-corrected chi connectivity index (χ1v) is 6.41. The number of fused-ring (bicyclic) bond motifs is 1. The van der Waals surface area contributed by atoms with Crippen molar-refractivity contribution in [3.8, 4) is 17.0 Å². The zero-order chi connectivity index (χ0) is 14.3. The molecular formula is C15H14N2O3. The molecule has 0 bridgehead atoms. The Bertz CT molecular complexity index is 846. The predicted molar refractivity (Wildman–Crippen MR) is 75.8 cm³/mol. The molecule has 0 aliphatic carbocycles. The van der Waals surface area contributed by atoms with Gasteiger partial charge in [0.25, 0.3) is 5.56 Å². The van der Waals surface area contributed by atoms with Crippen molar-refractivity contribution in [1.82, 2.24) is 9.97 Å². The summed E-state index contributed by atoms with van der Waals surface area (Å²) in [6.45, 7) is 3.71. The zero-order valence-corrected chi connectivity index (χ0v) is 11.2. The van der Waals surface area contributed by atoms with Crippen LogP contribution in [0.15, 0.2) is 33.5 Å². The number of aromatic nitrogens is 2. The lowest BCUT2D eigenvalue weighted by atomic mass is 10.0. The van der Waals surface area contributed by atoms with Gasteiger partial charge in [-0.15, -0.1) is 0 Å². The molecular weight excluding hydrogens is 256 g/mol. The Balaban J connectivity index is 2.26. The number of nitrogens with zero attached hydrogens (tertiary/aromatic N) is 1. The largest absolute Gasteiger partial charge is 0.507 e. The van der Waals surface area contributed by atoms with Crippen LogP contribution >= 0.6 is 0 Å². The second kappa shape index (κ2) is 4.52. The Morgan fingerprint density at radius 3 is 2.90 bits per heavy atom. The van der Waals surface area contributed by atoms with Gasteiger partial charge < -0.3 is 14.5 Å². The monoisotopic (exact) mass is 270 g/mol. The number of oxazole rings is 1. The van der Waals surface area contributed by atoms with Crippen LogP contribution < -0.4 is 5.56 Å². The van der Waals surface area contributed by atoms with Crippen LogP contribution in [0.5, 0.6) is 5.75 Å². The van der Waals surface area contributed by atoms with Crippen LogP contribution in [-0.2, 0) is 6.42 Å². The molecule has 0 saturated heterocycles. The molecule has 5 heteroatoms. The molecule has 0 aliphatic heterocycles. The average molecular weight is 270 g/mol. The van der Waals surface area contributed by atoms with E-state index in [1.807, 2.05) is 25.1 Å². The number of H-pyrrole nitrogens is 1. The number of rotatable bonds is 2. The molecule has 0 aliphatic rings. The van der Waals surface area contributed by atoms with E-state index in [0.29, 0.717) is 29.2 Å². The minimum absolute atomic E-state index is 0.0140. The van der Waals surface area contributed by atoms with Gasteiger partial charge in [0.2, 0.25) is 0 Å². The summed E-state index contributed by atoms with van der Waals surface area (Å²) in [6, 6.07) is 6.70. The summed E-state index contributed by atoms with van der Waals surface area (Å²) in [7, 11) is 0. The van der Waals surface area contributed by atoms with Gasteiger partial charge in [-0.3, -0.25) is 4.79 Å². The summed E-state index contributed by atoms with van der Waals surface area (Å²) in [6.07, 6.45) is 0.616. The molecule has 102 valence electrons. The fraction of sp³-hybridized carbons (Fsp3) is 0.200. The number of benzene rings is 1. The molecule has 3 rings (SSSR count). The van der Waals surface area contributed by atoms with Gasteiger partial charge in [-0.2, -0.15) is 0 Å². The van der Waals surface area contributed by atoms with Gasteiger partial charge in [0.15, 0.2) is 11.5 Å². The molecule has 0 fully saturated rings. The number of aromatic hydroxyl groups is 1. The Kier molecular flexibility index (Phi) is 2.82. The summed E-state index contributed by atoms with van der Waals surface area (Å²) in [5.74, 6) is 0.609. The molecule has 20 heavy (non-hydrogen) atoms. The quantitative estimate of drug-likeness (QED) is 0.750. The standard InChI is InChI=1S/C15H14N2O3/c1-3-10-12(18)7-14(19)17-15(10)9-4-5-11-13(6-9)20-8(2)16-11/h4-7H,3H2,1-2H3,(H2,17,18,19). The van der Waals surface area contributed by atoms with E-state index in [-0.39, 0.29) is 11.3 Å². The molecule has 0 saturated carbocycles. The van der Waals surface area contributed by atoms with Gasteiger partial charge in [-0.1, -0.05) is 13.0 Å². The fourth-order valence-corrected chi connectivity index (χ4v) is 2.37. The molecule has 2 aromatic heterocycles. The van der Waals surface area contributed by atoms with Gasteiger partial charge in [-0.25, -0.2) is 4.98 Å². The molecule has 0 radical (unpaired) electrons. The normalized spacial score (nSPS) is 11.1. The lowest BCUT2D eigenvalue weighted by Crippen LogP contribution is -2.07. The van der Waals surface area contributed by atoms with Crippen molar-refractivity contribution in [2.24, 2.45) is 0 Å². The summed E-state index contributed by atoms with van der Waals surface area (Å²) in [5, 5.41) is 9.90. The smallest absolute Gasteiger partial charge is 0.252 e. The van der Waals surface area contributed by atoms with Crippen LogP contribution in [0.25, 0.3) is 22.4 Å². The summed E-state index contributed by atoms with van der Waals surface area (Å²) in [5.41, 5.74) is 3.22. The number of aryl methyl sites for hydroxylation is 1. The average Bonchev–Trinajstić information content (AvgIpc) is 2.76. The highest BCUT2D eigenvalue weighted by molar-refractivity contribution is 5.80. The number of nitrogens with one attached hydrogen (secondary N) is 1. The third-order valence-corrected chi connectivity index (χ3v) is 3.26. The number of pyridine rings is 1. The maximum atomic E-state index is 11.6. The van der Waals surface area contributed by atoms with Crippen molar-refractivity contribution in [3.05, 3.63) is 46.1 Å². The van der Waals surface area contributed by atoms with Gasteiger partial charge in [0.1, 0.15) is 11.3 Å². The van der Waals surface area contributed by atoms with E-state index in [9.17, 15) is 9.90 Å². The molecule has 0 atom stereocenters. The maximum Gasteiger partial charge on any atom is 0.252 e. The Labute approximate surface area is 114 Å². The second-order valence-corrected chi connectivity index (χ2v) is 4.64. The molecule has 1 aromatic carbocycles. The first-order chi connectivity index (χ1) is 9.58. The lowest BCUT2D eigenvalue weighted by Gasteiger charge is -2.09. The predicted octanol–water partition coefficient (Wildman–Crippen LogP) is 2.76. The highest BCUT2D eigenvalue weighted by Gasteiger charge is 2.12. The van der Waals surface area contributed by atoms with Crippen LogP contribution in [0.4, 0.5) is 0 Å². The van der Waals surface area contributed by atoms with E-state index in [0.717, 1.165) is 11.1 Å². The van der Waals surface area contributed by atoms with Crippen LogP contribution in [-0.4, -0.2) is 15.1 Å². The van der Waals surface area contributed by atoms with Crippen LogP contribution in [0.3, 0.4) is 0 Å². The van der Waals surface area contributed by atoms with Gasteiger partial charge in [0, 0.05) is 24.1 Å². The van der Waals surface area contributed by atoms with Crippen molar-refractivity contribution >= 4 is 11.1 Å². The van der Waals surface area contributed by atoms with E-state index in [4.69, 9.17) is 4.42 Å². The van der Waals surface area contributed by atoms with E-state index in [1.165, 1.54) is 6.07 Å². The number of hydrogen-bond acceptors (Lipinski definition) is 4. The van der Waals surface area contributed by atoms with E-state index in [1.54, 1.807) is 6.92 Å². The third-order valence-electron chi connectivity index (χ3n) is 3.26. The first-order valence-electron chi connectivity index (χ1n) is 6.41. The van der Waals surface area contributed by atoms with E-state index in [2.05, 4.69) is 9.97 Å². The molecule has 2 heterocycles. The molecule has 5 nitrogen and oxygen atoms in total. The zero-order valence-electron chi connectivity index (χ0n) is 11.2. The van der Waals surface area contributed by atoms with Crippen LogP contribution in [0.2, 0.25) is 0 Å². The number of aromatic amines is 1. The molecule has 3 aromatic rings. The minimum atomic E-state index is -0.330. The van der Waals surface area contributed by atoms with Crippen LogP contribution in [0, 0.1) is 6.92 Å². The summed E-state index contributed by atoms with van der Waals surface area (Å²) < 4.78 is 5.50. The maximum absolute atomic E-state index is 11.6. The highest BCUT2D eigenvalue weighted by atomic mass is 16.3. The summed E-state index contributed by atoms with van der Waals surface area (Å²) >= 11 is 0. The van der Waals surface area contributed by atoms with Crippen LogP contribution in [0.1, 0.15) is 18.4 Å². The first kappa shape index (κ1) is 12.5. The SMILES string of the molecule is CCc1c(O)cc(=O)[nH]c1-c1ccc2nc(C)oc2c1. The van der Waals surface area contributed by atoms with Crippen molar-refractivity contribution in [1.29, 1.82) is 0 Å². The van der Waals surface area contributed by atoms with Gasteiger partial charge in [0.05, 0.1) is 5.69 Å². The molecule has 0 spiro atoms. The second-order valence-electron chi connectivity index (χ2n) is 4.64. The lowest BCUT2D eigenvalue weighted by molar-refractivity contribution is 0.467. The highest BCUT2D eigenvalue weighted by Crippen LogP contribution is 2.29. The van der Waals surface area contributed by atoms with Crippen molar-refractivity contribution in [2.75, 3.05) is 0 Å². The Hall–Kier alpha value is -2.56. The van der Waals surface area contributed by atoms with Crippen molar-refractivity contribution in [2.45, 2.75) is 20.3 Å². The fourth-order valence-electron chi connectivity index (χ4n) is 2.37. The molecule has 2 N–H and O–H groups in total. The number of hydrogen-bond donors (Lipinski definition) is 2. The molecule has 0 amide bonds. The Morgan fingerprint density at radius 1 is 1.35 bits per heavy atom.